The second-order valence-electron chi connectivity index (χ2n) is 6.41. The fourth-order valence-electron chi connectivity index (χ4n) is 3.28. The lowest BCUT2D eigenvalue weighted by atomic mass is 10.1. The number of rotatable bonds is 5. The molecule has 8 heteroatoms. The van der Waals surface area contributed by atoms with Gasteiger partial charge in [0.15, 0.2) is 11.6 Å². The Kier molecular flexibility index (Phi) is 5.75. The standard InChI is InChI=1S/C19H20F2N4O2/c1-22-19(27)16-9-14(24-18(26)12-5-7-23-8-6-12)11-25(16)10-13-3-2-4-15(20)17(13)21/h2-8,14,16H,9-11H2,1H3,(H,22,27)(H,24,26)/t14-,16+/m1/s1. The molecule has 2 N–H and O–H groups in total. The number of aromatic nitrogens is 1. The molecule has 1 aromatic carbocycles. The maximum absolute atomic E-state index is 14.0. The van der Waals surface area contributed by atoms with Crippen molar-refractivity contribution in [2.45, 2.75) is 25.0 Å². The lowest BCUT2D eigenvalue weighted by Gasteiger charge is -2.23. The van der Waals surface area contributed by atoms with E-state index in [1.165, 1.54) is 31.6 Å². The van der Waals surface area contributed by atoms with Crippen LogP contribution in [0.2, 0.25) is 0 Å². The lowest BCUT2D eigenvalue weighted by molar-refractivity contribution is -0.125. The minimum absolute atomic E-state index is 0.0727. The van der Waals surface area contributed by atoms with E-state index >= 15 is 0 Å². The van der Waals surface area contributed by atoms with Gasteiger partial charge < -0.3 is 10.6 Å². The van der Waals surface area contributed by atoms with Gasteiger partial charge in [-0.15, -0.1) is 0 Å². The summed E-state index contributed by atoms with van der Waals surface area (Å²) in [6.45, 7) is 0.425. The minimum atomic E-state index is -0.925. The van der Waals surface area contributed by atoms with Crippen molar-refractivity contribution in [3.63, 3.8) is 0 Å². The number of amides is 2. The van der Waals surface area contributed by atoms with Crippen LogP contribution in [0, 0.1) is 11.6 Å². The second-order valence-corrected chi connectivity index (χ2v) is 6.41. The Morgan fingerprint density at radius 2 is 1.96 bits per heavy atom. The lowest BCUT2D eigenvalue weighted by Crippen LogP contribution is -2.41. The van der Waals surface area contributed by atoms with Crippen molar-refractivity contribution >= 4 is 11.8 Å². The molecule has 0 radical (unpaired) electrons. The van der Waals surface area contributed by atoms with Gasteiger partial charge in [0, 0.05) is 49.7 Å². The van der Waals surface area contributed by atoms with E-state index in [2.05, 4.69) is 15.6 Å². The molecule has 27 heavy (non-hydrogen) atoms. The molecule has 2 heterocycles. The zero-order valence-electron chi connectivity index (χ0n) is 14.8. The molecule has 1 fully saturated rings. The van der Waals surface area contributed by atoms with Crippen molar-refractivity contribution in [3.05, 3.63) is 65.5 Å². The van der Waals surface area contributed by atoms with Crippen molar-refractivity contribution in [2.75, 3.05) is 13.6 Å². The summed E-state index contributed by atoms with van der Waals surface area (Å²) in [5.74, 6) is -2.34. The molecular formula is C19H20F2N4O2. The molecule has 3 rings (SSSR count). The Bertz CT molecular complexity index is 832. The van der Waals surface area contributed by atoms with E-state index < -0.39 is 17.7 Å². The highest BCUT2D eigenvalue weighted by molar-refractivity contribution is 5.94. The van der Waals surface area contributed by atoms with Crippen LogP contribution in [-0.4, -0.2) is 47.4 Å². The summed E-state index contributed by atoms with van der Waals surface area (Å²) in [5.41, 5.74) is 0.640. The summed E-state index contributed by atoms with van der Waals surface area (Å²) in [7, 11) is 1.52. The number of nitrogens with one attached hydrogen (secondary N) is 2. The largest absolute Gasteiger partial charge is 0.358 e. The number of carbonyl (C=O) groups is 2. The average Bonchev–Trinajstić information content (AvgIpc) is 3.07. The summed E-state index contributed by atoms with van der Waals surface area (Å²) in [4.78, 5) is 30.2. The van der Waals surface area contributed by atoms with Gasteiger partial charge in [-0.3, -0.25) is 19.5 Å². The van der Waals surface area contributed by atoms with E-state index in [0.29, 0.717) is 18.5 Å². The minimum Gasteiger partial charge on any atom is -0.358 e. The van der Waals surface area contributed by atoms with Crippen LogP contribution in [0.5, 0.6) is 0 Å². The van der Waals surface area contributed by atoms with Gasteiger partial charge in [-0.05, 0) is 24.6 Å². The van der Waals surface area contributed by atoms with Crippen LogP contribution in [0.15, 0.2) is 42.7 Å². The third-order valence-corrected chi connectivity index (χ3v) is 4.64. The molecule has 1 aliphatic rings. The van der Waals surface area contributed by atoms with E-state index in [4.69, 9.17) is 0 Å². The number of hydrogen-bond donors (Lipinski definition) is 2. The van der Waals surface area contributed by atoms with Crippen LogP contribution < -0.4 is 10.6 Å². The molecule has 6 nitrogen and oxygen atoms in total. The van der Waals surface area contributed by atoms with Crippen LogP contribution in [0.3, 0.4) is 0 Å². The zero-order valence-corrected chi connectivity index (χ0v) is 14.8. The third kappa shape index (κ3) is 4.28. The van der Waals surface area contributed by atoms with Gasteiger partial charge in [0.2, 0.25) is 5.91 Å². The van der Waals surface area contributed by atoms with E-state index in [9.17, 15) is 18.4 Å². The summed E-state index contributed by atoms with van der Waals surface area (Å²) < 4.78 is 27.5. The summed E-state index contributed by atoms with van der Waals surface area (Å²) in [6.07, 6.45) is 3.43. The van der Waals surface area contributed by atoms with Gasteiger partial charge >= 0.3 is 0 Å². The predicted octanol–water partition coefficient (Wildman–Crippen LogP) is 1.48. The highest BCUT2D eigenvalue weighted by Crippen LogP contribution is 2.23. The quantitative estimate of drug-likeness (QED) is 0.832. The van der Waals surface area contributed by atoms with E-state index in [1.54, 1.807) is 17.0 Å². The van der Waals surface area contributed by atoms with Crippen LogP contribution in [-0.2, 0) is 11.3 Å². The van der Waals surface area contributed by atoms with Gasteiger partial charge in [-0.1, -0.05) is 12.1 Å². The molecule has 1 aromatic heterocycles. The molecule has 0 spiro atoms. The molecule has 0 bridgehead atoms. The first-order chi connectivity index (χ1) is 13.0. The van der Waals surface area contributed by atoms with Gasteiger partial charge in [0.25, 0.3) is 5.91 Å². The van der Waals surface area contributed by atoms with E-state index in [1.807, 2.05) is 0 Å². The Morgan fingerprint density at radius 3 is 2.67 bits per heavy atom. The van der Waals surface area contributed by atoms with Crippen LogP contribution in [0.25, 0.3) is 0 Å². The summed E-state index contributed by atoms with van der Waals surface area (Å²) in [5, 5.41) is 5.47. The summed E-state index contributed by atoms with van der Waals surface area (Å²) >= 11 is 0. The number of hydrogen-bond acceptors (Lipinski definition) is 4. The van der Waals surface area contributed by atoms with Gasteiger partial charge in [0.1, 0.15) is 0 Å². The van der Waals surface area contributed by atoms with E-state index in [0.717, 1.165) is 6.07 Å². The predicted molar refractivity (Wildman–Crippen MR) is 94.7 cm³/mol. The molecule has 0 unspecified atom stereocenters. The fraction of sp³-hybridized carbons (Fsp3) is 0.316. The molecule has 0 saturated carbocycles. The van der Waals surface area contributed by atoms with Crippen LogP contribution >= 0.6 is 0 Å². The normalized spacial score (nSPS) is 19.7. The molecular weight excluding hydrogens is 354 g/mol. The van der Waals surface area contributed by atoms with Crippen molar-refractivity contribution in [2.24, 2.45) is 0 Å². The highest BCUT2D eigenvalue weighted by atomic mass is 19.2. The van der Waals surface area contributed by atoms with Crippen LogP contribution in [0.1, 0.15) is 22.3 Å². The number of halogens is 2. The first-order valence-electron chi connectivity index (χ1n) is 8.59. The number of likely N-dealkylation sites (N-methyl/N-ethyl adjacent to an activating group) is 1. The van der Waals surface area contributed by atoms with Gasteiger partial charge in [0.05, 0.1) is 6.04 Å². The van der Waals surface area contributed by atoms with E-state index in [-0.39, 0.29) is 30.0 Å². The fourth-order valence-corrected chi connectivity index (χ4v) is 3.28. The SMILES string of the molecule is CNC(=O)[C@@H]1C[C@@H](NC(=O)c2ccncc2)CN1Cc1cccc(F)c1F. The van der Waals surface area contributed by atoms with Crippen molar-refractivity contribution in [1.29, 1.82) is 0 Å². The molecule has 2 aromatic rings. The maximum Gasteiger partial charge on any atom is 0.251 e. The smallest absolute Gasteiger partial charge is 0.251 e. The maximum atomic E-state index is 14.0. The van der Waals surface area contributed by atoms with Gasteiger partial charge in [-0.2, -0.15) is 0 Å². The number of pyridine rings is 1. The number of nitrogens with zero attached hydrogens (tertiary/aromatic N) is 2. The Balaban J connectivity index is 1.73. The highest BCUT2D eigenvalue weighted by Gasteiger charge is 2.37. The third-order valence-electron chi connectivity index (χ3n) is 4.64. The molecule has 142 valence electrons. The first kappa shape index (κ1) is 18.9. The Hall–Kier alpha value is -2.87. The number of carbonyl (C=O) groups excluding carboxylic acids is 2. The molecule has 2 amide bonds. The topological polar surface area (TPSA) is 74.3 Å². The average molecular weight is 374 g/mol. The first-order valence-corrected chi connectivity index (χ1v) is 8.59. The Labute approximate surface area is 155 Å². The molecule has 1 saturated heterocycles. The molecule has 0 aliphatic carbocycles. The Morgan fingerprint density at radius 1 is 1.22 bits per heavy atom. The molecule has 1 aliphatic heterocycles. The van der Waals surface area contributed by atoms with Gasteiger partial charge in [-0.25, -0.2) is 8.78 Å². The van der Waals surface area contributed by atoms with Crippen molar-refractivity contribution in [1.82, 2.24) is 20.5 Å². The van der Waals surface area contributed by atoms with Crippen molar-refractivity contribution in [3.8, 4) is 0 Å². The van der Waals surface area contributed by atoms with Crippen LogP contribution in [0.4, 0.5) is 8.78 Å². The molecule has 2 atom stereocenters. The summed E-state index contributed by atoms with van der Waals surface area (Å²) in [6, 6.07) is 6.34. The monoisotopic (exact) mass is 374 g/mol. The second kappa shape index (κ2) is 8.22. The zero-order chi connectivity index (χ0) is 19.4. The van der Waals surface area contributed by atoms with Crippen molar-refractivity contribution < 1.29 is 18.4 Å². The number of likely N-dealkylation sites (tertiary alicyclic amines) is 1. The number of benzene rings is 1.